The van der Waals surface area contributed by atoms with Gasteiger partial charge in [-0.1, -0.05) is 33.6 Å². The van der Waals surface area contributed by atoms with Crippen LogP contribution in [0.5, 0.6) is 0 Å². The van der Waals surface area contributed by atoms with Gasteiger partial charge in [0.15, 0.2) is 0 Å². The smallest absolute Gasteiger partial charge is 0.140 e. The van der Waals surface area contributed by atoms with E-state index in [1.807, 2.05) is 6.07 Å². The summed E-state index contributed by atoms with van der Waals surface area (Å²) in [4.78, 5) is 14.6. The Hall–Kier alpha value is -1.85. The summed E-state index contributed by atoms with van der Waals surface area (Å²) in [6.07, 6.45) is 2.42. The Kier molecular flexibility index (Phi) is 4.68. The first kappa shape index (κ1) is 18.2. The van der Waals surface area contributed by atoms with Crippen molar-refractivity contribution in [2.45, 2.75) is 25.7 Å². The number of hydrogen-bond acceptors (Lipinski definition) is 4. The number of hydrogen-bond donors (Lipinski definition) is 0. The maximum Gasteiger partial charge on any atom is 0.140 e. The van der Waals surface area contributed by atoms with E-state index in [9.17, 15) is 0 Å². The normalized spacial score (nSPS) is 17.4. The summed E-state index contributed by atoms with van der Waals surface area (Å²) >= 11 is 10.1. The molecule has 1 aliphatic heterocycles. The molecular formula is C22H22BrClN4. The van der Waals surface area contributed by atoms with Crippen LogP contribution in [0.15, 0.2) is 40.9 Å². The van der Waals surface area contributed by atoms with E-state index in [0.717, 1.165) is 63.9 Å². The van der Waals surface area contributed by atoms with Crippen LogP contribution in [0.4, 0.5) is 11.5 Å². The van der Waals surface area contributed by atoms with Gasteiger partial charge in [-0.05, 0) is 55.7 Å². The van der Waals surface area contributed by atoms with Crippen LogP contribution in [0.2, 0.25) is 5.02 Å². The predicted octanol–water partition coefficient (Wildman–Crippen LogP) is 5.56. The van der Waals surface area contributed by atoms with E-state index in [2.05, 4.69) is 63.0 Å². The fourth-order valence-electron chi connectivity index (χ4n) is 3.89. The number of fused-ring (bicyclic) bond motifs is 1. The lowest BCUT2D eigenvalue weighted by molar-refractivity contribution is 0.647. The zero-order valence-electron chi connectivity index (χ0n) is 15.8. The molecule has 28 heavy (non-hydrogen) atoms. The van der Waals surface area contributed by atoms with Crippen molar-refractivity contribution < 1.29 is 0 Å². The van der Waals surface area contributed by atoms with Crippen molar-refractivity contribution in [3.05, 3.63) is 57.3 Å². The number of halogens is 2. The zero-order chi connectivity index (χ0) is 19.3. The molecule has 0 amide bonds. The third-order valence-electron chi connectivity index (χ3n) is 5.62. The minimum Gasteiger partial charge on any atom is -0.367 e. The quantitative estimate of drug-likeness (QED) is 0.515. The Morgan fingerprint density at radius 2 is 1.71 bits per heavy atom. The average Bonchev–Trinajstić information content (AvgIpc) is 3.53. The molecule has 0 unspecified atom stereocenters. The van der Waals surface area contributed by atoms with Crippen molar-refractivity contribution in [3.63, 3.8) is 0 Å². The summed E-state index contributed by atoms with van der Waals surface area (Å²) in [7, 11) is 0. The zero-order valence-corrected chi connectivity index (χ0v) is 18.2. The maximum absolute atomic E-state index is 6.49. The van der Waals surface area contributed by atoms with E-state index < -0.39 is 0 Å². The highest BCUT2D eigenvalue weighted by Gasteiger charge is 2.29. The number of rotatable bonds is 3. The molecular weight excluding hydrogens is 436 g/mol. The number of aryl methyl sites for hydroxylation is 1. The van der Waals surface area contributed by atoms with Gasteiger partial charge in [-0.2, -0.15) is 0 Å². The molecule has 4 nitrogen and oxygen atoms in total. The highest BCUT2D eigenvalue weighted by molar-refractivity contribution is 9.10. The first-order valence-corrected chi connectivity index (χ1v) is 11.0. The van der Waals surface area contributed by atoms with Crippen molar-refractivity contribution in [2.75, 3.05) is 36.0 Å². The molecule has 2 aromatic carbocycles. The van der Waals surface area contributed by atoms with Crippen LogP contribution in [0.3, 0.4) is 0 Å². The Labute approximate surface area is 178 Å². The molecule has 1 aliphatic carbocycles. The van der Waals surface area contributed by atoms with Crippen molar-refractivity contribution in [1.29, 1.82) is 0 Å². The largest absolute Gasteiger partial charge is 0.367 e. The lowest BCUT2D eigenvalue weighted by atomic mass is 10.1. The van der Waals surface area contributed by atoms with E-state index >= 15 is 0 Å². The van der Waals surface area contributed by atoms with Gasteiger partial charge in [-0.25, -0.2) is 9.97 Å². The topological polar surface area (TPSA) is 32.3 Å². The van der Waals surface area contributed by atoms with Crippen LogP contribution < -0.4 is 9.80 Å². The molecule has 2 heterocycles. The summed E-state index contributed by atoms with van der Waals surface area (Å²) < 4.78 is 1.06. The summed E-state index contributed by atoms with van der Waals surface area (Å²) in [5.74, 6) is 2.62. The molecule has 2 fully saturated rings. The number of aromatic nitrogens is 2. The SMILES string of the molecule is Cc1ccc(N2CCN(c3nc(C4CC4)nc4ccc(Br)cc34)CC2)c(Cl)c1. The molecule has 0 bridgehead atoms. The molecule has 0 spiro atoms. The van der Waals surface area contributed by atoms with Crippen molar-refractivity contribution in [2.24, 2.45) is 0 Å². The Balaban J connectivity index is 1.44. The van der Waals surface area contributed by atoms with E-state index in [1.54, 1.807) is 0 Å². The fourth-order valence-corrected chi connectivity index (χ4v) is 4.61. The van der Waals surface area contributed by atoms with Gasteiger partial charge in [0.1, 0.15) is 11.6 Å². The minimum absolute atomic E-state index is 0.541. The summed E-state index contributed by atoms with van der Waals surface area (Å²) in [5.41, 5.74) is 3.36. The number of nitrogens with zero attached hydrogens (tertiary/aromatic N) is 4. The lowest BCUT2D eigenvalue weighted by Crippen LogP contribution is -2.47. The van der Waals surface area contributed by atoms with Gasteiger partial charge in [0.2, 0.25) is 0 Å². The Morgan fingerprint density at radius 3 is 2.43 bits per heavy atom. The van der Waals surface area contributed by atoms with Crippen LogP contribution in [0.1, 0.15) is 30.1 Å². The highest BCUT2D eigenvalue weighted by Crippen LogP contribution is 2.40. The van der Waals surface area contributed by atoms with Gasteiger partial charge in [-0.15, -0.1) is 0 Å². The van der Waals surface area contributed by atoms with E-state index in [1.165, 1.54) is 18.4 Å². The van der Waals surface area contributed by atoms with Crippen LogP contribution >= 0.6 is 27.5 Å². The Bertz CT molecular complexity index is 1040. The Morgan fingerprint density at radius 1 is 0.964 bits per heavy atom. The van der Waals surface area contributed by atoms with Gasteiger partial charge in [0, 0.05) is 42.0 Å². The third kappa shape index (κ3) is 3.46. The molecule has 1 saturated carbocycles. The second-order valence-electron chi connectivity index (χ2n) is 7.77. The van der Waals surface area contributed by atoms with Crippen LogP contribution in [-0.4, -0.2) is 36.1 Å². The third-order valence-corrected chi connectivity index (χ3v) is 6.42. The molecule has 1 saturated heterocycles. The molecule has 0 atom stereocenters. The first-order valence-electron chi connectivity index (χ1n) is 9.82. The summed E-state index contributed by atoms with van der Waals surface area (Å²) in [6.45, 7) is 5.78. The van der Waals surface area contributed by atoms with E-state index in [0.29, 0.717) is 5.92 Å². The summed E-state index contributed by atoms with van der Waals surface area (Å²) in [6, 6.07) is 12.6. The summed E-state index contributed by atoms with van der Waals surface area (Å²) in [5, 5.41) is 1.96. The maximum atomic E-state index is 6.49. The van der Waals surface area contributed by atoms with Gasteiger partial charge in [0.25, 0.3) is 0 Å². The molecule has 6 heteroatoms. The predicted molar refractivity (Wildman–Crippen MR) is 120 cm³/mol. The molecule has 2 aliphatic rings. The second-order valence-corrected chi connectivity index (χ2v) is 9.09. The van der Waals surface area contributed by atoms with Gasteiger partial charge < -0.3 is 9.80 Å². The van der Waals surface area contributed by atoms with Gasteiger partial charge in [0.05, 0.1) is 16.2 Å². The van der Waals surface area contributed by atoms with E-state index in [-0.39, 0.29) is 0 Å². The molecule has 3 aromatic rings. The molecule has 1 aromatic heterocycles. The van der Waals surface area contributed by atoms with Crippen LogP contribution in [0, 0.1) is 6.92 Å². The average molecular weight is 458 g/mol. The highest BCUT2D eigenvalue weighted by atomic mass is 79.9. The van der Waals surface area contributed by atoms with E-state index in [4.69, 9.17) is 21.6 Å². The molecule has 5 rings (SSSR count). The number of anilines is 2. The van der Waals surface area contributed by atoms with Crippen molar-refractivity contribution in [3.8, 4) is 0 Å². The van der Waals surface area contributed by atoms with Crippen LogP contribution in [-0.2, 0) is 0 Å². The van der Waals surface area contributed by atoms with Gasteiger partial charge in [-0.3, -0.25) is 0 Å². The number of benzene rings is 2. The van der Waals surface area contributed by atoms with Crippen molar-refractivity contribution >= 4 is 49.9 Å². The van der Waals surface area contributed by atoms with Gasteiger partial charge >= 0.3 is 0 Å². The second kappa shape index (κ2) is 7.20. The first-order chi connectivity index (χ1) is 13.6. The fraction of sp³-hybridized carbons (Fsp3) is 0.364. The molecule has 144 valence electrons. The molecule has 0 radical (unpaired) electrons. The minimum atomic E-state index is 0.541. The number of piperazine rings is 1. The standard InChI is InChI=1S/C22H22BrClN4/c1-14-2-7-20(18(24)12-14)27-8-10-28(11-9-27)22-17-13-16(23)5-6-19(17)25-21(26-22)15-3-4-15/h2,5-7,12-13,15H,3-4,8-11H2,1H3. The van der Waals surface area contributed by atoms with Crippen LogP contribution in [0.25, 0.3) is 10.9 Å². The monoisotopic (exact) mass is 456 g/mol. The van der Waals surface area contributed by atoms with Crippen molar-refractivity contribution in [1.82, 2.24) is 9.97 Å². The molecule has 0 N–H and O–H groups in total. The lowest BCUT2D eigenvalue weighted by Gasteiger charge is -2.37.